The van der Waals surface area contributed by atoms with Crippen molar-refractivity contribution in [2.45, 2.75) is 6.54 Å². The van der Waals surface area contributed by atoms with Crippen molar-refractivity contribution in [3.8, 4) is 0 Å². The number of amides is 1. The van der Waals surface area contributed by atoms with Gasteiger partial charge in [0, 0.05) is 49.0 Å². The Hall–Kier alpha value is -2.71. The first-order chi connectivity index (χ1) is 13.8. The summed E-state index contributed by atoms with van der Waals surface area (Å²) in [5.74, 6) is -2.06. The fraction of sp³-hybridized carbons (Fsp3) is 0.300. The minimum Gasteiger partial charge on any atom is -0.452 e. The first kappa shape index (κ1) is 21.0. The maximum absolute atomic E-state index is 13.9. The molecule has 0 saturated carbocycles. The summed E-state index contributed by atoms with van der Waals surface area (Å²) in [6.45, 7) is 1.83. The summed E-state index contributed by atoms with van der Waals surface area (Å²) in [7, 11) is 0. The summed E-state index contributed by atoms with van der Waals surface area (Å²) in [6.07, 6.45) is 0. The molecule has 0 atom stereocenters. The number of esters is 1. The van der Waals surface area contributed by atoms with Gasteiger partial charge in [0.1, 0.15) is 11.6 Å². The second-order valence-corrected chi connectivity index (χ2v) is 7.07. The molecule has 29 heavy (non-hydrogen) atoms. The number of benzene rings is 2. The Morgan fingerprint density at radius 1 is 1.10 bits per heavy atom. The number of hydrogen-bond acceptors (Lipinski definition) is 5. The topological polar surface area (TPSA) is 75.9 Å². The van der Waals surface area contributed by atoms with Gasteiger partial charge in [-0.05, 0) is 30.3 Å². The van der Waals surface area contributed by atoms with Crippen molar-refractivity contribution < 1.29 is 23.1 Å². The Bertz CT molecular complexity index is 898. The number of nitrogens with zero attached hydrogens (tertiary/aromatic N) is 2. The van der Waals surface area contributed by atoms with E-state index < -0.39 is 18.4 Å². The van der Waals surface area contributed by atoms with Crippen LogP contribution in [0, 0.1) is 11.6 Å². The molecule has 0 bridgehead atoms. The van der Waals surface area contributed by atoms with Crippen LogP contribution in [-0.2, 0) is 16.1 Å². The molecule has 9 heteroatoms. The van der Waals surface area contributed by atoms with E-state index in [2.05, 4.69) is 0 Å². The second-order valence-electron chi connectivity index (χ2n) is 6.66. The molecule has 2 N–H and O–H groups in total. The lowest BCUT2D eigenvalue weighted by Gasteiger charge is -2.34. The minimum atomic E-state index is -0.788. The van der Waals surface area contributed by atoms with Crippen molar-refractivity contribution >= 4 is 29.2 Å². The van der Waals surface area contributed by atoms with Crippen molar-refractivity contribution in [3.63, 3.8) is 0 Å². The molecule has 1 saturated heterocycles. The molecule has 3 rings (SSSR count). The van der Waals surface area contributed by atoms with E-state index in [0.29, 0.717) is 43.3 Å². The lowest BCUT2D eigenvalue weighted by atomic mass is 10.2. The third kappa shape index (κ3) is 5.21. The fourth-order valence-corrected chi connectivity index (χ4v) is 3.30. The number of ether oxygens (including phenoxy) is 1. The number of nitrogens with two attached hydrogens (primary N) is 1. The highest BCUT2D eigenvalue weighted by Gasteiger charge is 2.24. The summed E-state index contributed by atoms with van der Waals surface area (Å²) in [5, 5.41) is 0.371. The van der Waals surface area contributed by atoms with Crippen molar-refractivity contribution in [2.75, 3.05) is 38.5 Å². The average Bonchev–Trinajstić information content (AvgIpc) is 2.69. The number of carbonyl (C=O) groups is 2. The van der Waals surface area contributed by atoms with Crippen LogP contribution in [0.3, 0.4) is 0 Å². The third-order valence-corrected chi connectivity index (χ3v) is 5.08. The lowest BCUT2D eigenvalue weighted by Crippen LogP contribution is -2.49. The maximum Gasteiger partial charge on any atom is 0.340 e. The van der Waals surface area contributed by atoms with E-state index in [0.717, 1.165) is 12.1 Å². The highest BCUT2D eigenvalue weighted by atomic mass is 35.5. The molecule has 1 fully saturated rings. The van der Waals surface area contributed by atoms with E-state index in [4.69, 9.17) is 22.1 Å². The number of anilines is 1. The molecular formula is C20H20ClF2N3O3. The molecule has 1 heterocycles. The molecule has 0 unspecified atom stereocenters. The minimum absolute atomic E-state index is 0.00536. The van der Waals surface area contributed by atoms with Crippen molar-refractivity contribution in [1.82, 2.24) is 9.80 Å². The van der Waals surface area contributed by atoms with Gasteiger partial charge in [0.05, 0.1) is 5.56 Å². The van der Waals surface area contributed by atoms with Crippen LogP contribution in [0.25, 0.3) is 0 Å². The number of piperazine rings is 1. The second kappa shape index (κ2) is 9.19. The van der Waals surface area contributed by atoms with Gasteiger partial charge < -0.3 is 15.4 Å². The quantitative estimate of drug-likeness (QED) is 0.591. The fourth-order valence-electron chi connectivity index (χ4n) is 3.08. The van der Waals surface area contributed by atoms with Gasteiger partial charge in [0.15, 0.2) is 6.61 Å². The number of halogens is 3. The van der Waals surface area contributed by atoms with Crippen LogP contribution in [0.5, 0.6) is 0 Å². The van der Waals surface area contributed by atoms with Crippen molar-refractivity contribution in [1.29, 1.82) is 0 Å². The van der Waals surface area contributed by atoms with Crippen LogP contribution in [0.4, 0.5) is 14.5 Å². The largest absolute Gasteiger partial charge is 0.452 e. The normalized spacial score (nSPS) is 14.7. The number of nitrogen functional groups attached to an aromatic ring is 1. The predicted molar refractivity (Wildman–Crippen MR) is 104 cm³/mol. The van der Waals surface area contributed by atoms with Crippen LogP contribution < -0.4 is 5.73 Å². The molecule has 154 valence electrons. The summed E-state index contributed by atoms with van der Waals surface area (Å²) in [4.78, 5) is 27.9. The first-order valence-corrected chi connectivity index (χ1v) is 9.38. The molecule has 1 amide bonds. The van der Waals surface area contributed by atoms with Gasteiger partial charge in [-0.1, -0.05) is 17.7 Å². The summed E-state index contributed by atoms with van der Waals surface area (Å²) in [5.41, 5.74) is 5.98. The van der Waals surface area contributed by atoms with Crippen LogP contribution in [0.2, 0.25) is 5.02 Å². The molecule has 1 aliphatic rings. The van der Waals surface area contributed by atoms with E-state index in [1.54, 1.807) is 17.0 Å². The van der Waals surface area contributed by atoms with Crippen LogP contribution in [-0.4, -0.2) is 54.5 Å². The molecule has 2 aromatic carbocycles. The van der Waals surface area contributed by atoms with Gasteiger partial charge in [-0.25, -0.2) is 13.6 Å². The van der Waals surface area contributed by atoms with Gasteiger partial charge in [-0.2, -0.15) is 0 Å². The number of hydrogen-bond donors (Lipinski definition) is 1. The molecule has 2 aromatic rings. The summed E-state index contributed by atoms with van der Waals surface area (Å²) >= 11 is 6.06. The standard InChI is InChI=1S/C20H20ClF2N3O3/c21-16-2-1-3-17(23)15(16)11-25-6-8-26(9-7-25)19(27)12-29-20(28)14-5-4-13(22)10-18(14)24/h1-5,10H,6-9,11-12,24H2. The molecular weight excluding hydrogens is 404 g/mol. The zero-order valence-corrected chi connectivity index (χ0v) is 16.3. The van der Waals surface area contributed by atoms with E-state index >= 15 is 0 Å². The monoisotopic (exact) mass is 423 g/mol. The highest BCUT2D eigenvalue weighted by molar-refractivity contribution is 6.31. The summed E-state index contributed by atoms with van der Waals surface area (Å²) < 4.78 is 32.0. The maximum atomic E-state index is 13.9. The highest BCUT2D eigenvalue weighted by Crippen LogP contribution is 2.21. The Balaban J connectivity index is 1.48. The van der Waals surface area contributed by atoms with E-state index in [1.165, 1.54) is 12.1 Å². The van der Waals surface area contributed by atoms with Gasteiger partial charge in [0.2, 0.25) is 0 Å². The number of carbonyl (C=O) groups excluding carboxylic acids is 2. The predicted octanol–water partition coefficient (Wildman–Crippen LogP) is 2.70. The Morgan fingerprint density at radius 3 is 2.48 bits per heavy atom. The Labute approximate surface area is 171 Å². The van der Waals surface area contributed by atoms with Crippen LogP contribution in [0.1, 0.15) is 15.9 Å². The SMILES string of the molecule is Nc1cc(F)ccc1C(=O)OCC(=O)N1CCN(Cc2c(F)cccc2Cl)CC1. The van der Waals surface area contributed by atoms with E-state index in [-0.39, 0.29) is 23.0 Å². The van der Waals surface area contributed by atoms with Gasteiger partial charge in [-0.3, -0.25) is 9.69 Å². The lowest BCUT2D eigenvalue weighted by molar-refractivity contribution is -0.136. The van der Waals surface area contributed by atoms with Gasteiger partial charge >= 0.3 is 5.97 Å². The van der Waals surface area contributed by atoms with Crippen LogP contribution in [0.15, 0.2) is 36.4 Å². The zero-order chi connectivity index (χ0) is 21.0. The average molecular weight is 424 g/mol. The molecule has 6 nitrogen and oxygen atoms in total. The molecule has 1 aliphatic heterocycles. The van der Waals surface area contributed by atoms with Crippen LogP contribution >= 0.6 is 11.6 Å². The first-order valence-electron chi connectivity index (χ1n) is 9.00. The molecule has 0 spiro atoms. The number of rotatable bonds is 5. The van der Waals surface area contributed by atoms with Gasteiger partial charge in [-0.15, -0.1) is 0 Å². The van der Waals surface area contributed by atoms with Crippen molar-refractivity contribution in [2.24, 2.45) is 0 Å². The van der Waals surface area contributed by atoms with Gasteiger partial charge in [0.25, 0.3) is 5.91 Å². The van der Waals surface area contributed by atoms with E-state index in [1.807, 2.05) is 4.90 Å². The molecule has 0 aromatic heterocycles. The zero-order valence-electron chi connectivity index (χ0n) is 15.5. The summed E-state index contributed by atoms with van der Waals surface area (Å²) in [6, 6.07) is 7.88. The Kier molecular flexibility index (Phi) is 6.66. The van der Waals surface area contributed by atoms with E-state index in [9.17, 15) is 18.4 Å². The molecule has 0 aliphatic carbocycles. The molecule has 0 radical (unpaired) electrons. The van der Waals surface area contributed by atoms with Crippen molar-refractivity contribution in [3.05, 3.63) is 64.2 Å². The third-order valence-electron chi connectivity index (χ3n) is 4.73. The smallest absolute Gasteiger partial charge is 0.340 e. The Morgan fingerprint density at radius 2 is 1.83 bits per heavy atom.